The van der Waals surface area contributed by atoms with Gasteiger partial charge in [-0.3, -0.25) is 4.79 Å². The number of aliphatic hydroxyl groups excluding tert-OH is 1. The Kier molecular flexibility index (Phi) is 4.96. The van der Waals surface area contributed by atoms with Crippen LogP contribution >= 0.6 is 23.2 Å². The Labute approximate surface area is 160 Å². The molecule has 1 N–H and O–H groups in total. The van der Waals surface area contributed by atoms with Gasteiger partial charge in [0, 0.05) is 28.6 Å². The van der Waals surface area contributed by atoms with E-state index in [1.807, 2.05) is 0 Å². The topological polar surface area (TPSA) is 42.2 Å². The van der Waals surface area contributed by atoms with Crippen molar-refractivity contribution in [3.8, 4) is 0 Å². The maximum absolute atomic E-state index is 14.2. The van der Waals surface area contributed by atoms with Crippen LogP contribution in [-0.4, -0.2) is 16.0 Å². The third-order valence-electron chi connectivity index (χ3n) is 4.31. The third-order valence-corrected chi connectivity index (χ3v) is 5.06. The van der Waals surface area contributed by atoms with E-state index < -0.39 is 23.7 Å². The van der Waals surface area contributed by atoms with E-state index in [2.05, 4.69) is 0 Å². The third kappa shape index (κ3) is 3.31. The van der Waals surface area contributed by atoms with Crippen LogP contribution in [0.4, 0.5) is 17.6 Å². The summed E-state index contributed by atoms with van der Waals surface area (Å²) in [4.78, 5) is 11.1. The highest BCUT2D eigenvalue weighted by Crippen LogP contribution is 2.39. The first-order chi connectivity index (χ1) is 12.6. The largest absolute Gasteiger partial charge is 0.416 e. The summed E-state index contributed by atoms with van der Waals surface area (Å²) in [6, 6.07) is 5.13. The van der Waals surface area contributed by atoms with Crippen LogP contribution in [0.3, 0.4) is 0 Å². The first kappa shape index (κ1) is 19.7. The van der Waals surface area contributed by atoms with Gasteiger partial charge in [-0.1, -0.05) is 23.2 Å². The number of rotatable bonds is 3. The van der Waals surface area contributed by atoms with E-state index >= 15 is 0 Å². The second-order valence-electron chi connectivity index (χ2n) is 5.90. The normalized spacial score (nSPS) is 13.2. The summed E-state index contributed by atoms with van der Waals surface area (Å²) in [5.74, 6) is -1.08. The Morgan fingerprint density at radius 3 is 2.44 bits per heavy atom. The van der Waals surface area contributed by atoms with Crippen LogP contribution in [0.1, 0.15) is 33.3 Å². The van der Waals surface area contributed by atoms with E-state index in [-0.39, 0.29) is 37.8 Å². The molecule has 0 amide bonds. The highest BCUT2D eigenvalue weighted by atomic mass is 35.5. The molecule has 0 fully saturated rings. The Balaban J connectivity index is 2.23. The summed E-state index contributed by atoms with van der Waals surface area (Å²) in [6.07, 6.45) is -5.73. The Morgan fingerprint density at radius 1 is 1.19 bits per heavy atom. The van der Waals surface area contributed by atoms with Gasteiger partial charge in [0.2, 0.25) is 0 Å². The summed E-state index contributed by atoms with van der Waals surface area (Å²) in [7, 11) is 1.38. The van der Waals surface area contributed by atoms with Crippen LogP contribution in [0, 0.1) is 5.82 Å². The van der Waals surface area contributed by atoms with Crippen LogP contribution in [0.5, 0.6) is 0 Å². The predicted octanol–water partition coefficient (Wildman–Crippen LogP) is 5.54. The molecular weight excluding hydrogens is 409 g/mol. The fraction of sp³-hybridized carbons (Fsp3) is 0.167. The molecule has 0 aliphatic carbocycles. The fourth-order valence-corrected chi connectivity index (χ4v) is 3.53. The summed E-state index contributed by atoms with van der Waals surface area (Å²) in [5, 5.41) is 10.6. The minimum atomic E-state index is -4.72. The van der Waals surface area contributed by atoms with Crippen LogP contribution in [-0.2, 0) is 13.2 Å². The molecular formula is C18H11Cl2F4NO2. The zero-order chi connectivity index (χ0) is 20.1. The Morgan fingerprint density at radius 2 is 1.85 bits per heavy atom. The molecule has 0 aliphatic heterocycles. The number of halogens is 6. The summed E-state index contributed by atoms with van der Waals surface area (Å²) < 4.78 is 54.3. The molecule has 9 heteroatoms. The molecule has 1 atom stereocenters. The molecule has 27 heavy (non-hydrogen) atoms. The van der Waals surface area contributed by atoms with Gasteiger partial charge in [-0.05, 0) is 30.3 Å². The van der Waals surface area contributed by atoms with Crippen molar-refractivity contribution < 1.29 is 27.5 Å². The quantitative estimate of drug-likeness (QED) is 0.447. The van der Waals surface area contributed by atoms with Crippen molar-refractivity contribution in [2.75, 3.05) is 0 Å². The molecule has 3 rings (SSSR count). The van der Waals surface area contributed by atoms with Crippen molar-refractivity contribution in [2.45, 2.75) is 12.3 Å². The number of carbonyl (C=O) groups excluding carboxylic acids is 1. The van der Waals surface area contributed by atoms with Crippen molar-refractivity contribution in [3.05, 3.63) is 68.6 Å². The summed E-state index contributed by atoms with van der Waals surface area (Å²) >= 11 is 12.2. The average Bonchev–Trinajstić information content (AvgIpc) is 2.92. The average molecular weight is 420 g/mol. The molecule has 1 aromatic heterocycles. The van der Waals surface area contributed by atoms with Gasteiger partial charge in [-0.2, -0.15) is 13.2 Å². The molecule has 0 saturated carbocycles. The highest BCUT2D eigenvalue weighted by Gasteiger charge is 2.33. The molecule has 142 valence electrons. The van der Waals surface area contributed by atoms with Gasteiger partial charge >= 0.3 is 6.18 Å². The number of fused-ring (bicyclic) bond motifs is 1. The molecule has 1 heterocycles. The number of hydrogen-bond donors (Lipinski definition) is 1. The minimum absolute atomic E-state index is 0.00490. The number of aldehydes is 1. The van der Waals surface area contributed by atoms with Gasteiger partial charge in [0.1, 0.15) is 11.9 Å². The number of aromatic nitrogens is 1. The second kappa shape index (κ2) is 6.82. The van der Waals surface area contributed by atoms with E-state index in [1.54, 1.807) is 0 Å². The van der Waals surface area contributed by atoms with Crippen molar-refractivity contribution in [1.29, 1.82) is 0 Å². The lowest BCUT2D eigenvalue weighted by molar-refractivity contribution is -0.137. The van der Waals surface area contributed by atoms with Gasteiger partial charge < -0.3 is 9.67 Å². The maximum atomic E-state index is 14.2. The zero-order valence-corrected chi connectivity index (χ0v) is 15.1. The lowest BCUT2D eigenvalue weighted by Gasteiger charge is -2.17. The van der Waals surface area contributed by atoms with Crippen LogP contribution in [0.15, 0.2) is 30.3 Å². The highest BCUT2D eigenvalue weighted by molar-refractivity contribution is 6.37. The summed E-state index contributed by atoms with van der Waals surface area (Å²) in [5.41, 5.74) is -1.05. The van der Waals surface area contributed by atoms with E-state index in [0.717, 1.165) is 6.07 Å². The fourth-order valence-electron chi connectivity index (χ4n) is 2.91. The molecule has 3 nitrogen and oxygen atoms in total. The van der Waals surface area contributed by atoms with E-state index in [0.29, 0.717) is 12.4 Å². The number of alkyl halides is 3. The van der Waals surface area contributed by atoms with Crippen LogP contribution < -0.4 is 0 Å². The first-order valence-electron chi connectivity index (χ1n) is 7.53. The molecule has 2 aromatic carbocycles. The predicted molar refractivity (Wildman–Crippen MR) is 93.8 cm³/mol. The Bertz CT molecular complexity index is 1060. The molecule has 0 bridgehead atoms. The lowest BCUT2D eigenvalue weighted by atomic mass is 10.0. The standard InChI is InChI=1S/C18H11Cl2F4NO2/c1-25-13-5-9(18(22,23)24)4-12(21)10(13)6-14(25)17(27)15-11(19)3-2-8(7-26)16(15)20/h2-7,17,27H,1H3. The van der Waals surface area contributed by atoms with Crippen molar-refractivity contribution in [3.63, 3.8) is 0 Å². The van der Waals surface area contributed by atoms with E-state index in [9.17, 15) is 27.5 Å². The number of benzene rings is 2. The summed E-state index contributed by atoms with van der Waals surface area (Å²) in [6.45, 7) is 0. The van der Waals surface area contributed by atoms with E-state index in [1.165, 1.54) is 29.8 Å². The van der Waals surface area contributed by atoms with Gasteiger partial charge in [0.15, 0.2) is 6.29 Å². The van der Waals surface area contributed by atoms with Gasteiger partial charge in [-0.15, -0.1) is 0 Å². The molecule has 0 aliphatic rings. The smallest absolute Gasteiger partial charge is 0.382 e. The second-order valence-corrected chi connectivity index (χ2v) is 6.69. The van der Waals surface area contributed by atoms with Crippen LogP contribution in [0.25, 0.3) is 10.9 Å². The maximum Gasteiger partial charge on any atom is 0.416 e. The van der Waals surface area contributed by atoms with Crippen molar-refractivity contribution in [2.24, 2.45) is 7.05 Å². The van der Waals surface area contributed by atoms with Crippen molar-refractivity contribution in [1.82, 2.24) is 4.57 Å². The number of nitrogens with zero attached hydrogens (tertiary/aromatic N) is 1. The molecule has 0 spiro atoms. The first-order valence-corrected chi connectivity index (χ1v) is 8.29. The van der Waals surface area contributed by atoms with E-state index in [4.69, 9.17) is 23.2 Å². The van der Waals surface area contributed by atoms with Gasteiger partial charge in [0.25, 0.3) is 0 Å². The molecule has 1 unspecified atom stereocenters. The SMILES string of the molecule is Cn1c(C(O)c2c(Cl)ccc(C=O)c2Cl)cc2c(F)cc(C(F)(F)F)cc21. The molecule has 0 radical (unpaired) electrons. The van der Waals surface area contributed by atoms with Crippen molar-refractivity contribution >= 4 is 40.4 Å². The van der Waals surface area contributed by atoms with Gasteiger partial charge in [-0.25, -0.2) is 4.39 Å². The number of carbonyl (C=O) groups is 1. The van der Waals surface area contributed by atoms with Crippen LogP contribution in [0.2, 0.25) is 10.0 Å². The monoisotopic (exact) mass is 419 g/mol. The zero-order valence-electron chi connectivity index (χ0n) is 13.6. The number of aliphatic hydroxyl groups is 1. The van der Waals surface area contributed by atoms with Gasteiger partial charge in [0.05, 0.1) is 21.8 Å². The number of hydrogen-bond acceptors (Lipinski definition) is 2. The molecule has 3 aromatic rings. The number of aryl methyl sites for hydroxylation is 1. The molecule has 0 saturated heterocycles. The lowest BCUT2D eigenvalue weighted by Crippen LogP contribution is -2.08. The minimum Gasteiger partial charge on any atom is -0.382 e. The Hall–Kier alpha value is -2.09.